The molecule has 0 atom stereocenters. The van der Waals surface area contributed by atoms with Crippen molar-refractivity contribution < 1.29 is 0 Å². The first-order valence-electron chi connectivity index (χ1n) is 6.60. The number of benzene rings is 3. The average molecular weight is 241 g/mol. The Kier molecular flexibility index (Phi) is 2.28. The quantitative estimate of drug-likeness (QED) is 0.452. The molecule has 1 radical (unpaired) electrons. The molecule has 3 aromatic rings. The molecule has 0 unspecified atom stereocenters. The van der Waals surface area contributed by atoms with Gasteiger partial charge in [-0.15, -0.1) is 0 Å². The van der Waals surface area contributed by atoms with Crippen LogP contribution >= 0.6 is 0 Å². The van der Waals surface area contributed by atoms with Crippen LogP contribution < -0.4 is 0 Å². The highest BCUT2D eigenvalue weighted by Crippen LogP contribution is 2.38. The van der Waals surface area contributed by atoms with Gasteiger partial charge in [0.05, 0.1) is 0 Å². The third-order valence-corrected chi connectivity index (χ3v) is 3.81. The molecule has 0 aliphatic heterocycles. The first-order valence-corrected chi connectivity index (χ1v) is 6.60. The van der Waals surface area contributed by atoms with Crippen molar-refractivity contribution in [2.24, 2.45) is 0 Å². The fraction of sp³-hybridized carbons (Fsp3) is 0.0526. The lowest BCUT2D eigenvalue weighted by Gasteiger charge is -2.05. The first-order chi connectivity index (χ1) is 9.42. The highest BCUT2D eigenvalue weighted by Gasteiger charge is 2.17. The molecule has 4 rings (SSSR count). The van der Waals surface area contributed by atoms with Crippen molar-refractivity contribution in [3.05, 3.63) is 83.9 Å². The van der Waals surface area contributed by atoms with Gasteiger partial charge in [0.2, 0.25) is 0 Å². The second-order valence-electron chi connectivity index (χ2n) is 4.98. The summed E-state index contributed by atoms with van der Waals surface area (Å²) in [4.78, 5) is 0. The fourth-order valence-electron chi connectivity index (χ4n) is 2.89. The summed E-state index contributed by atoms with van der Waals surface area (Å²) in [6, 6.07) is 26.9. The molecular formula is C19H13. The lowest BCUT2D eigenvalue weighted by atomic mass is 9.99. The number of hydrogen-bond acceptors (Lipinski definition) is 0. The Morgan fingerprint density at radius 2 is 1.58 bits per heavy atom. The zero-order valence-corrected chi connectivity index (χ0v) is 10.6. The Morgan fingerprint density at radius 1 is 0.737 bits per heavy atom. The Hall–Kier alpha value is -2.34. The normalized spacial score (nSPS) is 12.0. The van der Waals surface area contributed by atoms with E-state index < -0.39 is 0 Å². The number of hydrogen-bond donors (Lipinski definition) is 0. The van der Waals surface area contributed by atoms with Crippen molar-refractivity contribution in [3.63, 3.8) is 0 Å². The lowest BCUT2D eigenvalue weighted by molar-refractivity contribution is 1.26. The van der Waals surface area contributed by atoms with Crippen LogP contribution in [0.25, 0.3) is 22.3 Å². The maximum absolute atomic E-state index is 3.30. The molecule has 0 spiro atoms. The van der Waals surface area contributed by atoms with E-state index >= 15 is 0 Å². The van der Waals surface area contributed by atoms with Gasteiger partial charge in [-0.05, 0) is 45.9 Å². The second kappa shape index (κ2) is 4.10. The maximum atomic E-state index is 3.30. The zero-order valence-electron chi connectivity index (χ0n) is 10.6. The smallest absolute Gasteiger partial charge is 0.00132 e. The summed E-state index contributed by atoms with van der Waals surface area (Å²) in [7, 11) is 0. The van der Waals surface area contributed by atoms with Crippen LogP contribution in [-0.2, 0) is 6.42 Å². The van der Waals surface area contributed by atoms with Gasteiger partial charge in [-0.2, -0.15) is 0 Å². The SMILES string of the molecule is [c]1ccccc1-c1ccc2c(c1)Cc1ccccc1-2. The summed E-state index contributed by atoms with van der Waals surface area (Å²) < 4.78 is 0. The highest BCUT2D eigenvalue weighted by molar-refractivity contribution is 5.80. The van der Waals surface area contributed by atoms with Crippen LogP contribution in [0.15, 0.2) is 66.7 Å². The van der Waals surface area contributed by atoms with Crippen LogP contribution in [0.1, 0.15) is 11.1 Å². The van der Waals surface area contributed by atoms with Crippen molar-refractivity contribution in [1.29, 1.82) is 0 Å². The monoisotopic (exact) mass is 241 g/mol. The van der Waals surface area contributed by atoms with E-state index in [0.717, 1.165) is 6.42 Å². The molecule has 0 fully saturated rings. The largest absolute Gasteiger partial charge is 0.0619 e. The van der Waals surface area contributed by atoms with E-state index in [4.69, 9.17) is 0 Å². The number of fused-ring (bicyclic) bond motifs is 3. The lowest BCUT2D eigenvalue weighted by Crippen LogP contribution is -1.83. The van der Waals surface area contributed by atoms with Crippen molar-refractivity contribution in [2.75, 3.05) is 0 Å². The predicted molar refractivity (Wildman–Crippen MR) is 79.0 cm³/mol. The van der Waals surface area contributed by atoms with Gasteiger partial charge in [0.1, 0.15) is 0 Å². The summed E-state index contributed by atoms with van der Waals surface area (Å²) in [6.07, 6.45) is 1.05. The third-order valence-electron chi connectivity index (χ3n) is 3.81. The highest BCUT2D eigenvalue weighted by atomic mass is 14.2. The molecule has 89 valence electrons. The summed E-state index contributed by atoms with van der Waals surface area (Å²) in [5, 5.41) is 0. The summed E-state index contributed by atoms with van der Waals surface area (Å²) in [5.41, 5.74) is 8.06. The zero-order chi connectivity index (χ0) is 12.7. The molecule has 0 saturated carbocycles. The molecule has 1 aliphatic carbocycles. The van der Waals surface area contributed by atoms with E-state index in [1.165, 1.54) is 33.4 Å². The maximum Gasteiger partial charge on any atom is -0.00132 e. The van der Waals surface area contributed by atoms with E-state index in [1.807, 2.05) is 12.1 Å². The van der Waals surface area contributed by atoms with Crippen molar-refractivity contribution in [1.82, 2.24) is 0 Å². The molecule has 19 heavy (non-hydrogen) atoms. The number of rotatable bonds is 1. The molecule has 0 aromatic heterocycles. The summed E-state index contributed by atoms with van der Waals surface area (Å²) in [6.45, 7) is 0. The minimum atomic E-state index is 1.05. The molecule has 0 bridgehead atoms. The van der Waals surface area contributed by atoms with Gasteiger partial charge in [0, 0.05) is 0 Å². The second-order valence-corrected chi connectivity index (χ2v) is 4.98. The van der Waals surface area contributed by atoms with Gasteiger partial charge >= 0.3 is 0 Å². The molecule has 0 heteroatoms. The first kappa shape index (κ1) is 10.6. The van der Waals surface area contributed by atoms with Gasteiger partial charge in [-0.25, -0.2) is 0 Å². The van der Waals surface area contributed by atoms with Crippen LogP contribution in [0.4, 0.5) is 0 Å². The molecular weight excluding hydrogens is 228 g/mol. The summed E-state index contributed by atoms with van der Waals surface area (Å²) in [5.74, 6) is 0. The topological polar surface area (TPSA) is 0 Å². The van der Waals surface area contributed by atoms with Crippen LogP contribution in [-0.4, -0.2) is 0 Å². The Bertz CT molecular complexity index is 739. The van der Waals surface area contributed by atoms with E-state index in [-0.39, 0.29) is 0 Å². The van der Waals surface area contributed by atoms with Crippen molar-refractivity contribution in [2.45, 2.75) is 6.42 Å². The van der Waals surface area contributed by atoms with Crippen molar-refractivity contribution in [3.8, 4) is 22.3 Å². The molecule has 0 N–H and O–H groups in total. The van der Waals surface area contributed by atoms with E-state index in [0.29, 0.717) is 0 Å². The van der Waals surface area contributed by atoms with Gasteiger partial charge in [-0.3, -0.25) is 0 Å². The van der Waals surface area contributed by atoms with Gasteiger partial charge in [-0.1, -0.05) is 66.7 Å². The molecule has 0 heterocycles. The Balaban J connectivity index is 1.84. The van der Waals surface area contributed by atoms with Crippen LogP contribution in [0.2, 0.25) is 0 Å². The van der Waals surface area contributed by atoms with E-state index in [1.54, 1.807) is 0 Å². The van der Waals surface area contributed by atoms with Crippen LogP contribution in [0.3, 0.4) is 0 Å². The third kappa shape index (κ3) is 1.68. The van der Waals surface area contributed by atoms with Gasteiger partial charge in [0.25, 0.3) is 0 Å². The van der Waals surface area contributed by atoms with E-state index in [2.05, 4.69) is 60.7 Å². The molecule has 0 amide bonds. The Morgan fingerprint density at radius 3 is 2.47 bits per heavy atom. The molecule has 3 aromatic carbocycles. The average Bonchev–Trinajstić information content (AvgIpc) is 2.86. The summed E-state index contributed by atoms with van der Waals surface area (Å²) >= 11 is 0. The molecule has 0 nitrogen and oxygen atoms in total. The molecule has 0 saturated heterocycles. The fourth-order valence-corrected chi connectivity index (χ4v) is 2.89. The van der Waals surface area contributed by atoms with Crippen LogP contribution in [0.5, 0.6) is 0 Å². The van der Waals surface area contributed by atoms with Crippen LogP contribution in [0, 0.1) is 6.07 Å². The standard InChI is InChI=1S/C19H13/c1-2-6-14(7-3-1)15-10-11-19-17(12-15)13-16-8-4-5-9-18(16)19/h1-6,8-12H,13H2. The van der Waals surface area contributed by atoms with Crippen molar-refractivity contribution >= 4 is 0 Å². The predicted octanol–water partition coefficient (Wildman–Crippen LogP) is 4.72. The van der Waals surface area contributed by atoms with Gasteiger partial charge < -0.3 is 0 Å². The minimum absolute atomic E-state index is 1.05. The van der Waals surface area contributed by atoms with E-state index in [9.17, 15) is 0 Å². The van der Waals surface area contributed by atoms with Gasteiger partial charge in [0.15, 0.2) is 0 Å². The molecule has 1 aliphatic rings. The minimum Gasteiger partial charge on any atom is -0.0619 e. The Labute approximate surface area is 113 Å².